The molecule has 0 radical (unpaired) electrons. The molecule has 0 spiro atoms. The number of amides is 4. The zero-order valence-electron chi connectivity index (χ0n) is 15.2. The lowest BCUT2D eigenvalue weighted by atomic mass is 10.0. The molecule has 0 bridgehead atoms. The van der Waals surface area contributed by atoms with Gasteiger partial charge in [0.15, 0.2) is 11.5 Å². The van der Waals surface area contributed by atoms with Gasteiger partial charge in [0.2, 0.25) is 0 Å². The third kappa shape index (κ3) is 3.85. The zero-order chi connectivity index (χ0) is 19.6. The molecule has 144 valence electrons. The van der Waals surface area contributed by atoms with Crippen molar-refractivity contribution < 1.29 is 23.9 Å². The molecule has 1 aliphatic heterocycles. The highest BCUT2D eigenvalue weighted by Crippen LogP contribution is 2.35. The maximum absolute atomic E-state index is 12.9. The number of carbonyl (C=O) groups is 3. The van der Waals surface area contributed by atoms with Gasteiger partial charge in [0.05, 0.1) is 13.7 Å². The summed E-state index contributed by atoms with van der Waals surface area (Å²) in [6.07, 6.45) is 4.93. The van der Waals surface area contributed by atoms with Gasteiger partial charge in [-0.25, -0.2) is 4.79 Å². The van der Waals surface area contributed by atoms with Crippen LogP contribution in [0.4, 0.5) is 4.79 Å². The Labute approximate surface area is 165 Å². The van der Waals surface area contributed by atoms with Crippen LogP contribution >= 0.6 is 15.9 Å². The van der Waals surface area contributed by atoms with Gasteiger partial charge in [-0.1, -0.05) is 28.8 Å². The second-order valence-electron chi connectivity index (χ2n) is 6.39. The van der Waals surface area contributed by atoms with E-state index in [1.54, 1.807) is 12.1 Å². The van der Waals surface area contributed by atoms with Crippen molar-refractivity contribution in [2.24, 2.45) is 0 Å². The summed E-state index contributed by atoms with van der Waals surface area (Å²) in [6.45, 7) is 2.34. The van der Waals surface area contributed by atoms with Crippen molar-refractivity contribution in [1.82, 2.24) is 10.2 Å². The highest BCUT2D eigenvalue weighted by atomic mass is 79.9. The van der Waals surface area contributed by atoms with E-state index in [1.165, 1.54) is 18.1 Å². The lowest BCUT2D eigenvalue weighted by Gasteiger charge is -2.31. The van der Waals surface area contributed by atoms with E-state index in [9.17, 15) is 14.4 Å². The molecule has 2 fully saturated rings. The Morgan fingerprint density at radius 3 is 2.56 bits per heavy atom. The van der Waals surface area contributed by atoms with Gasteiger partial charge in [0, 0.05) is 10.5 Å². The summed E-state index contributed by atoms with van der Waals surface area (Å²) in [5, 5.41) is 2.27. The van der Waals surface area contributed by atoms with Crippen LogP contribution in [0.2, 0.25) is 0 Å². The Morgan fingerprint density at radius 1 is 1.22 bits per heavy atom. The van der Waals surface area contributed by atoms with Gasteiger partial charge in [-0.05, 0) is 43.5 Å². The van der Waals surface area contributed by atoms with Gasteiger partial charge in [-0.3, -0.25) is 19.8 Å². The number of hydrogen-bond acceptors (Lipinski definition) is 5. The SMILES string of the molecule is CCOc1cc(Br)c(/C=C2\C(=O)NC(=O)N(C3CCCC3)C2=O)cc1OC. The first-order valence-corrected chi connectivity index (χ1v) is 9.66. The Bertz CT molecular complexity index is 815. The van der Waals surface area contributed by atoms with Crippen LogP contribution in [0.5, 0.6) is 11.5 Å². The molecule has 8 heteroatoms. The van der Waals surface area contributed by atoms with E-state index in [-0.39, 0.29) is 11.6 Å². The monoisotopic (exact) mass is 436 g/mol. The van der Waals surface area contributed by atoms with E-state index in [0.29, 0.717) is 28.1 Å². The van der Waals surface area contributed by atoms with E-state index in [4.69, 9.17) is 9.47 Å². The van der Waals surface area contributed by atoms with Crippen molar-refractivity contribution in [1.29, 1.82) is 0 Å². The van der Waals surface area contributed by atoms with E-state index >= 15 is 0 Å². The molecular weight excluding hydrogens is 416 g/mol. The third-order valence-corrected chi connectivity index (χ3v) is 5.39. The van der Waals surface area contributed by atoms with Crippen LogP contribution in [0.3, 0.4) is 0 Å². The van der Waals surface area contributed by atoms with Crippen LogP contribution in [0.1, 0.15) is 38.2 Å². The van der Waals surface area contributed by atoms with Crippen LogP contribution in [0, 0.1) is 0 Å². The molecule has 3 rings (SSSR count). The fourth-order valence-electron chi connectivity index (χ4n) is 3.41. The number of ether oxygens (including phenoxy) is 2. The quantitative estimate of drug-likeness (QED) is 0.565. The first-order valence-electron chi connectivity index (χ1n) is 8.87. The van der Waals surface area contributed by atoms with Gasteiger partial charge in [-0.15, -0.1) is 0 Å². The fraction of sp³-hybridized carbons (Fsp3) is 0.421. The van der Waals surface area contributed by atoms with Crippen LogP contribution in [-0.4, -0.2) is 42.5 Å². The number of nitrogens with zero attached hydrogens (tertiary/aromatic N) is 1. The standard InChI is InChI=1S/C19H21BrN2O5/c1-3-27-16-10-14(20)11(9-15(16)26-2)8-13-17(23)21-19(25)22(18(13)24)12-6-4-5-7-12/h8-10,12H,3-7H2,1-2H3,(H,21,23,25)/b13-8+. The molecule has 1 aromatic rings. The number of barbiturate groups is 1. The van der Waals surface area contributed by atoms with Gasteiger partial charge >= 0.3 is 6.03 Å². The summed E-state index contributed by atoms with van der Waals surface area (Å²) in [6, 6.07) is 2.60. The summed E-state index contributed by atoms with van der Waals surface area (Å²) in [4.78, 5) is 38.5. The Balaban J connectivity index is 1.98. The fourth-order valence-corrected chi connectivity index (χ4v) is 3.85. The molecule has 27 heavy (non-hydrogen) atoms. The van der Waals surface area contributed by atoms with E-state index in [0.717, 1.165) is 25.7 Å². The topological polar surface area (TPSA) is 84.9 Å². The minimum absolute atomic E-state index is 0.0755. The molecule has 1 saturated carbocycles. The number of rotatable bonds is 5. The summed E-state index contributed by atoms with van der Waals surface area (Å²) < 4.78 is 11.5. The van der Waals surface area contributed by atoms with Crippen LogP contribution in [0.15, 0.2) is 22.2 Å². The number of benzene rings is 1. The molecule has 0 unspecified atom stereocenters. The highest BCUT2D eigenvalue weighted by molar-refractivity contribution is 9.10. The molecular formula is C19H21BrN2O5. The molecule has 0 atom stereocenters. The Morgan fingerprint density at radius 2 is 1.93 bits per heavy atom. The number of nitrogens with one attached hydrogen (secondary N) is 1. The minimum atomic E-state index is -0.695. The lowest BCUT2D eigenvalue weighted by Crippen LogP contribution is -2.57. The second kappa shape index (κ2) is 8.12. The van der Waals surface area contributed by atoms with Crippen molar-refractivity contribution >= 4 is 39.9 Å². The molecule has 1 heterocycles. The molecule has 1 saturated heterocycles. The predicted octanol–water partition coefficient (Wildman–Crippen LogP) is 3.26. The molecule has 2 aliphatic rings. The van der Waals surface area contributed by atoms with Gasteiger partial charge < -0.3 is 9.47 Å². The average molecular weight is 437 g/mol. The molecule has 4 amide bonds. The number of methoxy groups -OCH3 is 1. The van der Waals surface area contributed by atoms with Gasteiger partial charge in [-0.2, -0.15) is 0 Å². The maximum Gasteiger partial charge on any atom is 0.331 e. The Kier molecular flexibility index (Phi) is 5.84. The molecule has 7 nitrogen and oxygen atoms in total. The minimum Gasteiger partial charge on any atom is -0.493 e. The smallest absolute Gasteiger partial charge is 0.331 e. The second-order valence-corrected chi connectivity index (χ2v) is 7.24. The molecule has 1 aromatic carbocycles. The number of carbonyl (C=O) groups excluding carboxylic acids is 3. The largest absolute Gasteiger partial charge is 0.493 e. The van der Waals surface area contributed by atoms with Crippen molar-refractivity contribution in [3.63, 3.8) is 0 Å². The van der Waals surface area contributed by atoms with E-state index < -0.39 is 17.8 Å². The first kappa shape index (κ1) is 19.4. The summed E-state index contributed by atoms with van der Waals surface area (Å²) in [5.41, 5.74) is 0.503. The lowest BCUT2D eigenvalue weighted by molar-refractivity contribution is -0.131. The molecule has 1 aliphatic carbocycles. The zero-order valence-corrected chi connectivity index (χ0v) is 16.8. The molecule has 0 aromatic heterocycles. The maximum atomic E-state index is 12.9. The van der Waals surface area contributed by atoms with Crippen molar-refractivity contribution in [3.8, 4) is 11.5 Å². The third-order valence-electron chi connectivity index (χ3n) is 4.71. The number of hydrogen-bond donors (Lipinski definition) is 1. The van der Waals surface area contributed by atoms with Crippen LogP contribution in [-0.2, 0) is 9.59 Å². The first-order chi connectivity index (χ1) is 13.0. The summed E-state index contributed by atoms with van der Waals surface area (Å²) >= 11 is 3.44. The van der Waals surface area contributed by atoms with Crippen LogP contribution < -0.4 is 14.8 Å². The van der Waals surface area contributed by atoms with E-state index in [1.807, 2.05) is 6.92 Å². The number of urea groups is 1. The van der Waals surface area contributed by atoms with E-state index in [2.05, 4.69) is 21.2 Å². The summed E-state index contributed by atoms with van der Waals surface area (Å²) in [5.74, 6) is -0.218. The summed E-state index contributed by atoms with van der Waals surface area (Å²) in [7, 11) is 1.52. The van der Waals surface area contributed by atoms with Crippen LogP contribution in [0.25, 0.3) is 6.08 Å². The van der Waals surface area contributed by atoms with Gasteiger partial charge in [0.1, 0.15) is 5.57 Å². The number of imide groups is 2. The highest BCUT2D eigenvalue weighted by Gasteiger charge is 2.40. The number of halogens is 1. The Hall–Kier alpha value is -2.35. The normalized spacial score (nSPS) is 19.6. The van der Waals surface area contributed by atoms with Crippen molar-refractivity contribution in [2.45, 2.75) is 38.6 Å². The van der Waals surface area contributed by atoms with Crippen molar-refractivity contribution in [3.05, 3.63) is 27.7 Å². The van der Waals surface area contributed by atoms with Gasteiger partial charge in [0.25, 0.3) is 11.8 Å². The predicted molar refractivity (Wildman–Crippen MR) is 102 cm³/mol. The average Bonchev–Trinajstić information content (AvgIpc) is 3.14. The van der Waals surface area contributed by atoms with Crippen molar-refractivity contribution in [2.75, 3.05) is 13.7 Å². The molecule has 1 N–H and O–H groups in total.